The van der Waals surface area contributed by atoms with Gasteiger partial charge >= 0.3 is 0 Å². The molecule has 0 spiro atoms. The summed E-state index contributed by atoms with van der Waals surface area (Å²) in [6.07, 6.45) is 4.42. The Labute approximate surface area is 178 Å². The molecule has 6 heteroatoms. The van der Waals surface area contributed by atoms with E-state index in [1.165, 1.54) is 0 Å². The number of likely N-dealkylation sites (N-methyl/N-ethyl adjacent to an activating group) is 1. The standard InChI is InChI=1S/C24H33N3O3/c1-18-13-14-27(20-9-11-21(28)12-10-20)24(30)22(18)23(29)26(16-15-25(2)3)17-19-7-5-4-6-8-19/h4-8,13-14,20-21,28H,9-12,15-17H2,1-3H3. The van der Waals surface area contributed by atoms with Gasteiger partial charge in [0.05, 0.1) is 6.10 Å². The van der Waals surface area contributed by atoms with Gasteiger partial charge < -0.3 is 19.5 Å². The molecule has 1 amide bonds. The second-order valence-electron chi connectivity index (χ2n) is 8.56. The topological polar surface area (TPSA) is 65.8 Å². The van der Waals surface area contributed by atoms with Gasteiger partial charge in [0.1, 0.15) is 5.56 Å². The van der Waals surface area contributed by atoms with Gasteiger partial charge in [-0.1, -0.05) is 30.3 Å². The van der Waals surface area contributed by atoms with Crippen LogP contribution in [0.1, 0.15) is 53.2 Å². The normalized spacial score (nSPS) is 19.1. The number of carbonyl (C=O) groups excluding carboxylic acids is 1. The lowest BCUT2D eigenvalue weighted by Gasteiger charge is -2.29. The number of carbonyl (C=O) groups is 1. The quantitative estimate of drug-likeness (QED) is 0.761. The Bertz CT molecular complexity index is 900. The molecule has 2 aromatic rings. The minimum atomic E-state index is -0.282. The molecule has 1 aliphatic carbocycles. The minimum absolute atomic E-state index is 0.0393. The van der Waals surface area contributed by atoms with E-state index in [4.69, 9.17) is 0 Å². The van der Waals surface area contributed by atoms with E-state index in [0.717, 1.165) is 24.9 Å². The molecule has 0 bridgehead atoms. The average molecular weight is 412 g/mol. The van der Waals surface area contributed by atoms with Gasteiger partial charge in [-0.2, -0.15) is 0 Å². The third-order valence-corrected chi connectivity index (χ3v) is 5.92. The lowest BCUT2D eigenvalue weighted by molar-refractivity contribution is 0.0726. The SMILES string of the molecule is Cc1ccn(C2CCC(O)CC2)c(=O)c1C(=O)N(CCN(C)C)Cc1ccccc1. The monoisotopic (exact) mass is 411 g/mol. The Kier molecular flexibility index (Phi) is 7.45. The van der Waals surface area contributed by atoms with Crippen LogP contribution in [0.3, 0.4) is 0 Å². The number of benzene rings is 1. The first-order chi connectivity index (χ1) is 14.4. The number of rotatable bonds is 7. The van der Waals surface area contributed by atoms with E-state index in [1.54, 1.807) is 15.7 Å². The van der Waals surface area contributed by atoms with Crippen molar-refractivity contribution in [2.75, 3.05) is 27.2 Å². The maximum absolute atomic E-state index is 13.5. The molecule has 1 aromatic heterocycles. The van der Waals surface area contributed by atoms with E-state index >= 15 is 0 Å². The van der Waals surface area contributed by atoms with E-state index in [0.29, 0.717) is 31.5 Å². The van der Waals surface area contributed by atoms with Crippen LogP contribution in [0.4, 0.5) is 0 Å². The molecule has 0 radical (unpaired) electrons. The zero-order chi connectivity index (χ0) is 21.7. The third kappa shape index (κ3) is 5.37. The fraction of sp³-hybridized carbons (Fsp3) is 0.500. The van der Waals surface area contributed by atoms with Gasteiger partial charge in [0.15, 0.2) is 0 Å². The zero-order valence-electron chi connectivity index (χ0n) is 18.3. The van der Waals surface area contributed by atoms with Crippen molar-refractivity contribution in [1.29, 1.82) is 0 Å². The highest BCUT2D eigenvalue weighted by Gasteiger charge is 2.26. The van der Waals surface area contributed by atoms with Crippen molar-refractivity contribution < 1.29 is 9.90 Å². The van der Waals surface area contributed by atoms with Crippen LogP contribution in [0.15, 0.2) is 47.4 Å². The summed E-state index contributed by atoms with van der Waals surface area (Å²) in [6, 6.07) is 11.8. The number of amides is 1. The number of aliphatic hydroxyl groups excluding tert-OH is 1. The van der Waals surface area contributed by atoms with Crippen molar-refractivity contribution in [3.05, 3.63) is 69.6 Å². The van der Waals surface area contributed by atoms with Crippen LogP contribution >= 0.6 is 0 Å². The maximum atomic E-state index is 13.5. The number of aryl methyl sites for hydroxylation is 1. The van der Waals surface area contributed by atoms with Crippen LogP contribution in [-0.4, -0.2) is 58.7 Å². The van der Waals surface area contributed by atoms with Gasteiger partial charge in [-0.3, -0.25) is 9.59 Å². The molecule has 1 N–H and O–H groups in total. The summed E-state index contributed by atoms with van der Waals surface area (Å²) in [4.78, 5) is 30.7. The second kappa shape index (κ2) is 10.0. The lowest BCUT2D eigenvalue weighted by Crippen LogP contribution is -2.41. The maximum Gasteiger partial charge on any atom is 0.263 e. The molecule has 3 rings (SSSR count). The molecule has 0 saturated heterocycles. The largest absolute Gasteiger partial charge is 0.393 e. The number of hydrogen-bond acceptors (Lipinski definition) is 4. The number of pyridine rings is 1. The van der Waals surface area contributed by atoms with Gasteiger partial charge in [-0.15, -0.1) is 0 Å². The zero-order valence-corrected chi connectivity index (χ0v) is 18.3. The van der Waals surface area contributed by atoms with Crippen LogP contribution in [0.5, 0.6) is 0 Å². The Hall–Kier alpha value is -2.44. The molecule has 1 aliphatic rings. The molecule has 30 heavy (non-hydrogen) atoms. The fourth-order valence-electron chi connectivity index (χ4n) is 4.06. The third-order valence-electron chi connectivity index (χ3n) is 5.92. The van der Waals surface area contributed by atoms with Crippen LogP contribution in [-0.2, 0) is 6.54 Å². The summed E-state index contributed by atoms with van der Waals surface area (Å²) in [5, 5.41) is 9.79. The number of nitrogens with zero attached hydrogens (tertiary/aromatic N) is 3. The molecule has 1 heterocycles. The first kappa shape index (κ1) is 22.2. The predicted octanol–water partition coefficient (Wildman–Crippen LogP) is 2.84. The molecular weight excluding hydrogens is 378 g/mol. The Morgan fingerprint density at radius 2 is 1.73 bits per heavy atom. The van der Waals surface area contributed by atoms with Crippen molar-refractivity contribution >= 4 is 5.91 Å². The highest BCUT2D eigenvalue weighted by molar-refractivity contribution is 5.95. The Balaban J connectivity index is 1.91. The molecule has 1 aromatic carbocycles. The highest BCUT2D eigenvalue weighted by Crippen LogP contribution is 2.27. The fourth-order valence-corrected chi connectivity index (χ4v) is 4.06. The average Bonchev–Trinajstić information content (AvgIpc) is 2.72. The van der Waals surface area contributed by atoms with Gasteiger partial charge in [-0.25, -0.2) is 0 Å². The van der Waals surface area contributed by atoms with Crippen molar-refractivity contribution in [3.8, 4) is 0 Å². The Morgan fingerprint density at radius 3 is 2.37 bits per heavy atom. The summed E-state index contributed by atoms with van der Waals surface area (Å²) < 4.78 is 1.71. The summed E-state index contributed by atoms with van der Waals surface area (Å²) in [5.74, 6) is -0.214. The van der Waals surface area contributed by atoms with E-state index in [9.17, 15) is 14.7 Å². The number of hydrogen-bond donors (Lipinski definition) is 1. The number of aromatic nitrogens is 1. The second-order valence-corrected chi connectivity index (χ2v) is 8.56. The van der Waals surface area contributed by atoms with Crippen LogP contribution in [0.2, 0.25) is 0 Å². The van der Waals surface area contributed by atoms with E-state index in [2.05, 4.69) is 0 Å². The summed E-state index contributed by atoms with van der Waals surface area (Å²) in [6.45, 7) is 3.57. The predicted molar refractivity (Wildman–Crippen MR) is 119 cm³/mol. The van der Waals surface area contributed by atoms with Crippen LogP contribution in [0.25, 0.3) is 0 Å². The summed E-state index contributed by atoms with van der Waals surface area (Å²) in [5.41, 5.74) is 1.79. The van der Waals surface area contributed by atoms with Crippen molar-refractivity contribution in [3.63, 3.8) is 0 Å². The molecule has 1 saturated carbocycles. The first-order valence-electron chi connectivity index (χ1n) is 10.7. The van der Waals surface area contributed by atoms with E-state index in [1.807, 2.05) is 62.3 Å². The van der Waals surface area contributed by atoms with Gasteiger partial charge in [-0.05, 0) is 63.9 Å². The molecule has 0 aliphatic heterocycles. The summed E-state index contributed by atoms with van der Waals surface area (Å²) >= 11 is 0. The van der Waals surface area contributed by atoms with Crippen molar-refractivity contribution in [2.45, 2.75) is 51.3 Å². The molecular formula is C24H33N3O3. The van der Waals surface area contributed by atoms with Gasteiger partial charge in [0.2, 0.25) is 0 Å². The van der Waals surface area contributed by atoms with Crippen molar-refractivity contribution in [1.82, 2.24) is 14.4 Å². The molecule has 0 atom stereocenters. The molecule has 1 fully saturated rings. The van der Waals surface area contributed by atoms with E-state index in [-0.39, 0.29) is 29.2 Å². The Morgan fingerprint density at radius 1 is 1.07 bits per heavy atom. The lowest BCUT2D eigenvalue weighted by atomic mass is 9.92. The first-order valence-corrected chi connectivity index (χ1v) is 10.7. The summed E-state index contributed by atoms with van der Waals surface area (Å²) in [7, 11) is 3.95. The smallest absolute Gasteiger partial charge is 0.263 e. The van der Waals surface area contributed by atoms with Crippen LogP contribution < -0.4 is 5.56 Å². The molecule has 0 unspecified atom stereocenters. The van der Waals surface area contributed by atoms with Crippen molar-refractivity contribution in [2.24, 2.45) is 0 Å². The minimum Gasteiger partial charge on any atom is -0.393 e. The van der Waals surface area contributed by atoms with Crippen LogP contribution in [0, 0.1) is 6.92 Å². The molecule has 162 valence electrons. The number of aliphatic hydroxyl groups is 1. The highest BCUT2D eigenvalue weighted by atomic mass is 16.3. The van der Waals surface area contributed by atoms with E-state index < -0.39 is 0 Å². The van der Waals surface area contributed by atoms with Gasteiger partial charge in [0.25, 0.3) is 11.5 Å². The molecule has 6 nitrogen and oxygen atoms in total. The van der Waals surface area contributed by atoms with Gasteiger partial charge in [0, 0.05) is 31.9 Å².